The number of amides is 4. The van der Waals surface area contributed by atoms with E-state index in [1.807, 2.05) is 0 Å². The minimum Gasteiger partial charge on any atom is -0.507 e. The molecule has 0 spiro atoms. The number of hydrogen-bond acceptors (Lipinski definition) is 7. The van der Waals surface area contributed by atoms with Crippen molar-refractivity contribution >= 4 is 35.4 Å². The molecule has 0 atom stereocenters. The second kappa shape index (κ2) is 21.9. The van der Waals surface area contributed by atoms with Crippen molar-refractivity contribution in [3.63, 3.8) is 0 Å². The zero-order chi connectivity index (χ0) is 32.9. The number of para-hydroxylation sites is 2. The quantitative estimate of drug-likeness (QED) is 0.0780. The van der Waals surface area contributed by atoms with E-state index in [1.165, 1.54) is 36.7 Å². The van der Waals surface area contributed by atoms with Crippen LogP contribution in [-0.2, 0) is 22.4 Å². The van der Waals surface area contributed by atoms with Crippen LogP contribution in [0.1, 0.15) is 123 Å². The van der Waals surface area contributed by atoms with Crippen LogP contribution in [0.5, 0.6) is 11.5 Å². The third-order valence-electron chi connectivity index (χ3n) is 7.41. The van der Waals surface area contributed by atoms with Crippen molar-refractivity contribution in [2.45, 2.75) is 104 Å². The van der Waals surface area contributed by atoms with E-state index in [1.54, 1.807) is 24.3 Å². The number of benzene rings is 2. The summed E-state index contributed by atoms with van der Waals surface area (Å²) in [5, 5.41) is 21.1. The summed E-state index contributed by atoms with van der Waals surface area (Å²) in [6.45, 7) is 4.31. The van der Waals surface area contributed by atoms with Gasteiger partial charge in [-0.25, -0.2) is 0 Å². The smallest absolute Gasteiger partial charge is 0.273 e. The van der Waals surface area contributed by atoms with Crippen molar-refractivity contribution in [3.8, 4) is 11.5 Å². The lowest BCUT2D eigenvalue weighted by Crippen LogP contribution is -2.42. The molecule has 45 heavy (non-hydrogen) atoms. The number of aromatic hydroxyl groups is 2. The molecule has 0 aliphatic rings. The monoisotopic (exact) mass is 642 g/mol. The van der Waals surface area contributed by atoms with Gasteiger partial charge in [0.05, 0.1) is 11.1 Å². The van der Waals surface area contributed by atoms with Crippen molar-refractivity contribution in [3.05, 3.63) is 58.7 Å². The first-order chi connectivity index (χ1) is 21.8. The van der Waals surface area contributed by atoms with Crippen molar-refractivity contribution in [1.82, 2.24) is 21.7 Å². The van der Waals surface area contributed by atoms with Gasteiger partial charge in [0.1, 0.15) is 11.5 Å². The van der Waals surface area contributed by atoms with Crippen LogP contribution in [0.4, 0.5) is 0 Å². The Morgan fingerprint density at radius 3 is 1.38 bits per heavy atom. The number of phenolic OH excluding ortho intramolecular Hbond substituents is 2. The highest BCUT2D eigenvalue weighted by Crippen LogP contribution is 2.25. The second-order valence-corrected chi connectivity index (χ2v) is 12.3. The van der Waals surface area contributed by atoms with Crippen LogP contribution in [0.2, 0.25) is 0 Å². The van der Waals surface area contributed by atoms with E-state index in [9.17, 15) is 29.4 Å². The third-order valence-corrected chi connectivity index (χ3v) is 8.39. The Hall–Kier alpha value is -3.73. The third kappa shape index (κ3) is 14.3. The fraction of sp³-hybridized carbons (Fsp3) is 0.529. The van der Waals surface area contributed by atoms with E-state index in [4.69, 9.17) is 0 Å². The Morgan fingerprint density at radius 1 is 0.578 bits per heavy atom. The molecule has 0 saturated carbocycles. The number of hydrazine groups is 2. The molecular weight excluding hydrogens is 592 g/mol. The predicted octanol–water partition coefficient (Wildman–Crippen LogP) is 5.86. The van der Waals surface area contributed by atoms with Gasteiger partial charge < -0.3 is 10.2 Å². The fourth-order valence-corrected chi connectivity index (χ4v) is 5.60. The van der Waals surface area contributed by atoms with Gasteiger partial charge in [-0.05, 0) is 48.9 Å². The zero-order valence-corrected chi connectivity index (χ0v) is 27.5. The lowest BCUT2D eigenvalue weighted by Gasteiger charge is -2.12. The first-order valence-corrected chi connectivity index (χ1v) is 17.3. The number of rotatable bonds is 20. The number of nitrogens with one attached hydrogen (secondary N) is 4. The molecule has 0 aliphatic heterocycles. The fourth-order valence-electron chi connectivity index (χ4n) is 4.74. The Balaban J connectivity index is 1.63. The number of hydrogen-bond donors (Lipinski definition) is 6. The molecule has 4 amide bonds. The number of carbonyl (C=O) groups excluding carboxylic acids is 4. The molecule has 0 heterocycles. The SMILES string of the molecule is CCCCCCCc1cccc(C(=O)NNC(=O)CCSCCC(=O)NNC(=O)c2cccc(CCCCCCC)c2O)c1O. The van der Waals surface area contributed by atoms with Gasteiger partial charge in [0.25, 0.3) is 11.8 Å². The summed E-state index contributed by atoms with van der Waals surface area (Å²) in [4.78, 5) is 49.4. The van der Waals surface area contributed by atoms with Crippen LogP contribution in [0, 0.1) is 0 Å². The number of aryl methyl sites for hydroxylation is 2. The molecule has 6 N–H and O–H groups in total. The number of thioether (sulfide) groups is 1. The first-order valence-electron chi connectivity index (χ1n) is 16.2. The Bertz CT molecular complexity index is 1150. The summed E-state index contributed by atoms with van der Waals surface area (Å²) in [6, 6.07) is 10.1. The van der Waals surface area contributed by atoms with E-state index >= 15 is 0 Å². The van der Waals surface area contributed by atoms with Gasteiger partial charge in [0, 0.05) is 24.3 Å². The molecule has 0 aromatic heterocycles. The Labute approximate surface area is 271 Å². The van der Waals surface area contributed by atoms with Gasteiger partial charge in [-0.15, -0.1) is 0 Å². The summed E-state index contributed by atoms with van der Waals surface area (Å²) in [5.74, 6) is -1.29. The van der Waals surface area contributed by atoms with E-state index in [-0.39, 0.29) is 35.5 Å². The Morgan fingerprint density at radius 2 is 0.978 bits per heavy atom. The molecule has 0 saturated heterocycles. The lowest BCUT2D eigenvalue weighted by molar-refractivity contribution is -0.122. The van der Waals surface area contributed by atoms with Gasteiger partial charge >= 0.3 is 0 Å². The Kier molecular flexibility index (Phi) is 18.2. The molecule has 248 valence electrons. The number of phenols is 2. The summed E-state index contributed by atoms with van der Waals surface area (Å²) < 4.78 is 0. The highest BCUT2D eigenvalue weighted by molar-refractivity contribution is 7.99. The van der Waals surface area contributed by atoms with Gasteiger partial charge in [-0.3, -0.25) is 40.9 Å². The zero-order valence-electron chi connectivity index (χ0n) is 26.7. The molecule has 0 fully saturated rings. The molecule has 2 rings (SSSR count). The van der Waals surface area contributed by atoms with Crippen molar-refractivity contribution in [2.24, 2.45) is 0 Å². The molecule has 0 bridgehead atoms. The maximum atomic E-state index is 12.5. The van der Waals surface area contributed by atoms with Gasteiger partial charge in [-0.2, -0.15) is 11.8 Å². The summed E-state index contributed by atoms with van der Waals surface area (Å²) in [7, 11) is 0. The molecule has 10 nitrogen and oxygen atoms in total. The summed E-state index contributed by atoms with van der Waals surface area (Å²) in [6.07, 6.45) is 12.6. The van der Waals surface area contributed by atoms with Crippen LogP contribution in [0.3, 0.4) is 0 Å². The highest BCUT2D eigenvalue weighted by Gasteiger charge is 2.16. The van der Waals surface area contributed by atoms with E-state index in [0.717, 1.165) is 51.4 Å². The average molecular weight is 643 g/mol. The molecule has 11 heteroatoms. The van der Waals surface area contributed by atoms with Gasteiger partial charge in [-0.1, -0.05) is 89.5 Å². The van der Waals surface area contributed by atoms with Crippen molar-refractivity contribution < 1.29 is 29.4 Å². The topological polar surface area (TPSA) is 157 Å². The maximum absolute atomic E-state index is 12.5. The highest BCUT2D eigenvalue weighted by atomic mass is 32.2. The number of unbranched alkanes of at least 4 members (excludes halogenated alkanes) is 8. The second-order valence-electron chi connectivity index (χ2n) is 11.1. The van der Waals surface area contributed by atoms with Gasteiger partial charge in [0.15, 0.2) is 0 Å². The van der Waals surface area contributed by atoms with E-state index in [0.29, 0.717) is 35.5 Å². The molecular formula is C34H50N4O6S. The summed E-state index contributed by atoms with van der Waals surface area (Å²) >= 11 is 1.38. The van der Waals surface area contributed by atoms with Crippen LogP contribution in [0.25, 0.3) is 0 Å². The predicted molar refractivity (Wildman–Crippen MR) is 179 cm³/mol. The lowest BCUT2D eigenvalue weighted by atomic mass is 10.0. The molecule has 2 aromatic carbocycles. The van der Waals surface area contributed by atoms with Gasteiger partial charge in [0.2, 0.25) is 11.8 Å². The normalized spacial score (nSPS) is 10.7. The van der Waals surface area contributed by atoms with Crippen LogP contribution >= 0.6 is 11.8 Å². The van der Waals surface area contributed by atoms with E-state index in [2.05, 4.69) is 35.6 Å². The largest absolute Gasteiger partial charge is 0.507 e. The maximum Gasteiger partial charge on any atom is 0.273 e. The minimum absolute atomic E-state index is 0.0664. The standard InChI is InChI=1S/C34H50N4O6S/c1-3-5-7-9-11-15-25-17-13-19-27(31(25)41)33(43)37-35-29(39)21-23-45-24-22-30(40)36-38-34(44)28-20-14-18-26(32(28)42)16-12-10-8-6-4-2/h13-14,17-20,41-42H,3-12,15-16,21-24H2,1-2H3,(H,35,39)(H,36,40)(H,37,43)(H,38,44). The minimum atomic E-state index is -0.595. The molecule has 0 unspecified atom stereocenters. The summed E-state index contributed by atoms with van der Waals surface area (Å²) in [5.41, 5.74) is 11.0. The van der Waals surface area contributed by atoms with E-state index < -0.39 is 23.6 Å². The van der Waals surface area contributed by atoms with Crippen LogP contribution in [0.15, 0.2) is 36.4 Å². The average Bonchev–Trinajstić information content (AvgIpc) is 3.03. The van der Waals surface area contributed by atoms with Crippen molar-refractivity contribution in [1.29, 1.82) is 0 Å². The van der Waals surface area contributed by atoms with Crippen LogP contribution in [-0.4, -0.2) is 45.3 Å². The molecule has 2 aromatic rings. The van der Waals surface area contributed by atoms with Crippen molar-refractivity contribution in [2.75, 3.05) is 11.5 Å². The number of carbonyl (C=O) groups is 4. The first kappa shape index (κ1) is 37.5. The van der Waals surface area contributed by atoms with Crippen LogP contribution < -0.4 is 21.7 Å². The molecule has 0 radical (unpaired) electrons. The molecule has 0 aliphatic carbocycles.